The molecule has 2 aromatic carbocycles. The predicted molar refractivity (Wildman–Crippen MR) is 101 cm³/mol. The van der Waals surface area contributed by atoms with E-state index in [9.17, 15) is 4.79 Å². The van der Waals surface area contributed by atoms with E-state index in [1.54, 1.807) is 4.90 Å². The summed E-state index contributed by atoms with van der Waals surface area (Å²) in [6, 6.07) is 13.0. The quantitative estimate of drug-likeness (QED) is 0.551. The van der Waals surface area contributed by atoms with Crippen LogP contribution in [-0.4, -0.2) is 21.7 Å². The Balaban J connectivity index is 1.91. The second-order valence-electron chi connectivity index (χ2n) is 5.94. The lowest BCUT2D eigenvalue weighted by Crippen LogP contribution is -2.27. The molecule has 1 aliphatic heterocycles. The Hall–Kier alpha value is -1.65. The minimum atomic E-state index is 0.0820. The lowest BCUT2D eigenvalue weighted by atomic mass is 9.85. The minimum absolute atomic E-state index is 0.0820. The number of nitrogens with zero attached hydrogens (tertiary/aromatic N) is 1. The van der Waals surface area contributed by atoms with Gasteiger partial charge in [-0.1, -0.05) is 54.3 Å². The number of fused-ring (bicyclic) bond motifs is 2. The van der Waals surface area contributed by atoms with Gasteiger partial charge in [0.2, 0.25) is 0 Å². The molecule has 1 amide bonds. The van der Waals surface area contributed by atoms with Gasteiger partial charge in [-0.2, -0.15) is 0 Å². The summed E-state index contributed by atoms with van der Waals surface area (Å²) < 4.78 is 0.688. The molecule has 4 heteroatoms. The van der Waals surface area contributed by atoms with Gasteiger partial charge in [0.25, 0.3) is 5.91 Å². The SMILES string of the molecule is CCN1C(=O)C(=C2CCCc3cc4ccccc4cc32)SC1=S. The molecule has 1 saturated heterocycles. The number of rotatable bonds is 1. The van der Waals surface area contributed by atoms with Gasteiger partial charge in [0.15, 0.2) is 0 Å². The van der Waals surface area contributed by atoms with Gasteiger partial charge in [-0.05, 0) is 59.7 Å². The van der Waals surface area contributed by atoms with Crippen molar-refractivity contribution in [1.82, 2.24) is 4.90 Å². The Labute approximate surface area is 145 Å². The van der Waals surface area contributed by atoms with Gasteiger partial charge in [-0.3, -0.25) is 9.69 Å². The summed E-state index contributed by atoms with van der Waals surface area (Å²) in [6.07, 6.45) is 3.13. The van der Waals surface area contributed by atoms with Gasteiger partial charge in [0, 0.05) is 6.54 Å². The Bertz CT molecular complexity index is 869. The molecule has 116 valence electrons. The standard InChI is InChI=1S/C19H17NOS2/c1-2-20-18(21)17(23-19(20)22)15-9-5-8-14-10-12-6-3-4-7-13(12)11-16(14)15/h3-4,6-7,10-11H,2,5,8-9H2,1H3. The second-order valence-corrected chi connectivity index (χ2v) is 7.58. The maximum absolute atomic E-state index is 12.7. The molecule has 0 atom stereocenters. The molecule has 1 aliphatic carbocycles. The summed E-state index contributed by atoms with van der Waals surface area (Å²) >= 11 is 6.84. The first-order valence-electron chi connectivity index (χ1n) is 7.98. The van der Waals surface area contributed by atoms with Crippen LogP contribution < -0.4 is 0 Å². The third-order valence-electron chi connectivity index (χ3n) is 4.61. The van der Waals surface area contributed by atoms with Crippen molar-refractivity contribution < 1.29 is 4.79 Å². The molecule has 0 aromatic heterocycles. The molecule has 2 nitrogen and oxygen atoms in total. The zero-order chi connectivity index (χ0) is 16.0. The van der Waals surface area contributed by atoms with Crippen LogP contribution in [0.4, 0.5) is 0 Å². The summed E-state index contributed by atoms with van der Waals surface area (Å²) in [6.45, 7) is 2.62. The molecule has 2 aliphatic rings. The molecule has 0 unspecified atom stereocenters. The summed E-state index contributed by atoms with van der Waals surface area (Å²) in [5, 5.41) is 2.50. The number of benzene rings is 2. The lowest BCUT2D eigenvalue weighted by Gasteiger charge is -2.21. The van der Waals surface area contributed by atoms with E-state index in [1.165, 1.54) is 39.2 Å². The van der Waals surface area contributed by atoms with E-state index in [0.29, 0.717) is 10.9 Å². The second kappa shape index (κ2) is 5.77. The highest BCUT2D eigenvalue weighted by molar-refractivity contribution is 8.26. The van der Waals surface area contributed by atoms with Crippen molar-refractivity contribution >= 4 is 50.6 Å². The van der Waals surface area contributed by atoms with Gasteiger partial charge >= 0.3 is 0 Å². The number of carbonyl (C=O) groups is 1. The predicted octanol–water partition coefficient (Wildman–Crippen LogP) is 4.77. The molecule has 4 rings (SSSR count). The molecular weight excluding hydrogens is 322 g/mol. The van der Waals surface area contributed by atoms with Gasteiger partial charge in [-0.15, -0.1) is 0 Å². The van der Waals surface area contributed by atoms with Crippen LogP contribution in [0.2, 0.25) is 0 Å². The first kappa shape index (κ1) is 14.9. The van der Waals surface area contributed by atoms with E-state index in [1.807, 2.05) is 6.92 Å². The van der Waals surface area contributed by atoms with Crippen LogP contribution in [0.5, 0.6) is 0 Å². The topological polar surface area (TPSA) is 20.3 Å². The van der Waals surface area contributed by atoms with Crippen LogP contribution in [-0.2, 0) is 11.2 Å². The van der Waals surface area contributed by atoms with Gasteiger partial charge < -0.3 is 0 Å². The Morgan fingerprint density at radius 2 is 1.91 bits per heavy atom. The van der Waals surface area contributed by atoms with Crippen molar-refractivity contribution in [3.05, 3.63) is 52.4 Å². The first-order chi connectivity index (χ1) is 11.2. The molecule has 0 saturated carbocycles. The van der Waals surface area contributed by atoms with Gasteiger partial charge in [0.1, 0.15) is 4.32 Å². The van der Waals surface area contributed by atoms with Crippen LogP contribution >= 0.6 is 24.0 Å². The molecule has 0 bridgehead atoms. The smallest absolute Gasteiger partial charge is 0.266 e. The number of hydrogen-bond donors (Lipinski definition) is 0. The molecule has 1 fully saturated rings. The van der Waals surface area contributed by atoms with Crippen LogP contribution in [0.1, 0.15) is 30.9 Å². The minimum Gasteiger partial charge on any atom is -0.293 e. The molecule has 1 heterocycles. The lowest BCUT2D eigenvalue weighted by molar-refractivity contribution is -0.122. The summed E-state index contributed by atoms with van der Waals surface area (Å²) in [7, 11) is 0. The highest BCUT2D eigenvalue weighted by atomic mass is 32.2. The van der Waals surface area contributed by atoms with Crippen LogP contribution in [0.15, 0.2) is 41.3 Å². The number of likely N-dealkylation sites (N-methyl/N-ethyl adjacent to an activating group) is 1. The number of amides is 1. The summed E-state index contributed by atoms with van der Waals surface area (Å²) in [5.74, 6) is 0.0820. The fraction of sp³-hybridized carbons (Fsp3) is 0.263. The van der Waals surface area contributed by atoms with Crippen molar-refractivity contribution in [3.8, 4) is 0 Å². The number of hydrogen-bond acceptors (Lipinski definition) is 3. The molecule has 0 radical (unpaired) electrons. The molecular formula is C19H17NOS2. The van der Waals surface area contributed by atoms with Crippen molar-refractivity contribution in [1.29, 1.82) is 0 Å². The van der Waals surface area contributed by atoms with E-state index in [2.05, 4.69) is 36.4 Å². The molecule has 0 spiro atoms. The first-order valence-corrected chi connectivity index (χ1v) is 9.20. The highest BCUT2D eigenvalue weighted by Gasteiger charge is 2.34. The van der Waals surface area contributed by atoms with Crippen molar-refractivity contribution in [2.45, 2.75) is 26.2 Å². The zero-order valence-corrected chi connectivity index (χ0v) is 14.6. The zero-order valence-electron chi connectivity index (χ0n) is 13.0. The van der Waals surface area contributed by atoms with Gasteiger partial charge in [0.05, 0.1) is 4.91 Å². The monoisotopic (exact) mass is 339 g/mol. The number of allylic oxidation sites excluding steroid dienone is 1. The Morgan fingerprint density at radius 1 is 1.17 bits per heavy atom. The number of thioether (sulfide) groups is 1. The summed E-state index contributed by atoms with van der Waals surface area (Å²) in [5.41, 5.74) is 3.78. The highest BCUT2D eigenvalue weighted by Crippen LogP contribution is 2.42. The van der Waals surface area contributed by atoms with Crippen LogP contribution in [0.3, 0.4) is 0 Å². The largest absolute Gasteiger partial charge is 0.293 e. The third-order valence-corrected chi connectivity index (χ3v) is 6.10. The molecule has 2 aromatic rings. The normalized spacial score (nSPS) is 21.2. The van der Waals surface area contributed by atoms with E-state index in [4.69, 9.17) is 12.2 Å². The Morgan fingerprint density at radius 3 is 2.61 bits per heavy atom. The fourth-order valence-electron chi connectivity index (χ4n) is 3.46. The average Bonchev–Trinajstić information content (AvgIpc) is 2.86. The summed E-state index contributed by atoms with van der Waals surface area (Å²) in [4.78, 5) is 15.2. The molecule has 23 heavy (non-hydrogen) atoms. The number of aryl methyl sites for hydroxylation is 1. The van der Waals surface area contributed by atoms with Crippen LogP contribution in [0, 0.1) is 0 Å². The van der Waals surface area contributed by atoms with E-state index >= 15 is 0 Å². The van der Waals surface area contributed by atoms with Crippen molar-refractivity contribution in [3.63, 3.8) is 0 Å². The number of thiocarbonyl (C=S) groups is 1. The van der Waals surface area contributed by atoms with E-state index in [-0.39, 0.29) is 5.91 Å². The van der Waals surface area contributed by atoms with Gasteiger partial charge in [-0.25, -0.2) is 0 Å². The third kappa shape index (κ3) is 2.41. The molecule has 0 N–H and O–H groups in total. The van der Waals surface area contributed by atoms with Crippen molar-refractivity contribution in [2.24, 2.45) is 0 Å². The Kier molecular flexibility index (Phi) is 3.74. The average molecular weight is 339 g/mol. The number of carbonyl (C=O) groups excluding carboxylic acids is 1. The van der Waals surface area contributed by atoms with E-state index in [0.717, 1.165) is 24.2 Å². The van der Waals surface area contributed by atoms with E-state index < -0.39 is 0 Å². The maximum atomic E-state index is 12.7. The van der Waals surface area contributed by atoms with Crippen molar-refractivity contribution in [2.75, 3.05) is 6.54 Å². The van der Waals surface area contributed by atoms with Crippen LogP contribution in [0.25, 0.3) is 16.3 Å². The fourth-order valence-corrected chi connectivity index (χ4v) is 4.95. The maximum Gasteiger partial charge on any atom is 0.266 e.